The lowest BCUT2D eigenvalue weighted by Crippen LogP contribution is -2.48. The van der Waals surface area contributed by atoms with Crippen molar-refractivity contribution in [2.24, 2.45) is 0 Å². The first-order chi connectivity index (χ1) is 20.2. The average Bonchev–Trinajstić information content (AvgIpc) is 3.46. The quantitative estimate of drug-likeness (QED) is 0.306. The molecule has 9 heteroatoms. The summed E-state index contributed by atoms with van der Waals surface area (Å²) in [7, 11) is 3.09. The minimum absolute atomic E-state index is 0.140. The van der Waals surface area contributed by atoms with Gasteiger partial charge in [0, 0.05) is 18.5 Å². The largest absolute Gasteiger partial charge is 0.496 e. The average molecular weight is 612 g/mol. The third-order valence-corrected chi connectivity index (χ3v) is 9.91. The second kappa shape index (κ2) is 12.5. The van der Waals surface area contributed by atoms with Gasteiger partial charge in [-0.1, -0.05) is 65.7 Å². The zero-order chi connectivity index (χ0) is 29.9. The number of amides is 1. The van der Waals surface area contributed by atoms with Gasteiger partial charge in [-0.05, 0) is 80.7 Å². The number of benzene rings is 3. The van der Waals surface area contributed by atoms with Gasteiger partial charge in [0.15, 0.2) is 0 Å². The van der Waals surface area contributed by atoms with Gasteiger partial charge in [0.25, 0.3) is 5.91 Å². The Balaban J connectivity index is 1.37. The maximum atomic E-state index is 13.9. The first-order valence-corrected chi connectivity index (χ1v) is 15.0. The van der Waals surface area contributed by atoms with Crippen molar-refractivity contribution < 1.29 is 24.2 Å². The van der Waals surface area contributed by atoms with E-state index in [9.17, 15) is 14.7 Å². The molecule has 3 aromatic carbocycles. The van der Waals surface area contributed by atoms with Crippen molar-refractivity contribution in [3.8, 4) is 11.5 Å². The minimum atomic E-state index is -0.872. The van der Waals surface area contributed by atoms with Gasteiger partial charge in [-0.3, -0.25) is 9.59 Å². The number of piperidine rings is 1. The highest BCUT2D eigenvalue weighted by Crippen LogP contribution is 2.43. The Kier molecular flexibility index (Phi) is 9.02. The maximum absolute atomic E-state index is 13.9. The van der Waals surface area contributed by atoms with E-state index >= 15 is 0 Å². The number of nitrogens with zero attached hydrogens (tertiary/aromatic N) is 2. The fourth-order valence-corrected chi connectivity index (χ4v) is 6.89. The molecule has 1 amide bonds. The topological polar surface area (TPSA) is 79.3 Å². The van der Waals surface area contributed by atoms with Gasteiger partial charge in [0.05, 0.1) is 29.7 Å². The predicted molar refractivity (Wildman–Crippen MR) is 164 cm³/mol. The number of methoxy groups -OCH3 is 2. The lowest BCUT2D eigenvalue weighted by Gasteiger charge is -2.40. The molecule has 2 fully saturated rings. The molecular formula is C33H36Cl2N2O5. The van der Waals surface area contributed by atoms with Gasteiger partial charge in [0.1, 0.15) is 17.1 Å². The van der Waals surface area contributed by atoms with E-state index < -0.39 is 11.4 Å². The van der Waals surface area contributed by atoms with E-state index in [0.29, 0.717) is 66.1 Å². The molecule has 0 aromatic heterocycles. The fraction of sp³-hybridized carbons (Fsp3) is 0.394. The fourth-order valence-electron chi connectivity index (χ4n) is 6.59. The van der Waals surface area contributed by atoms with E-state index in [1.165, 1.54) is 0 Å². The second-order valence-electron chi connectivity index (χ2n) is 11.3. The smallest absolute Gasteiger partial charge is 0.314 e. The molecule has 0 spiro atoms. The van der Waals surface area contributed by atoms with E-state index in [0.717, 1.165) is 30.5 Å². The predicted octanol–water partition coefficient (Wildman–Crippen LogP) is 6.30. The number of halogens is 2. The molecule has 3 aromatic rings. The summed E-state index contributed by atoms with van der Waals surface area (Å²) in [5, 5.41) is 11.2. The van der Waals surface area contributed by atoms with Crippen LogP contribution in [-0.4, -0.2) is 73.7 Å². The normalized spacial score (nSPS) is 20.3. The molecule has 5 rings (SSSR count). The number of rotatable bonds is 9. The van der Waals surface area contributed by atoms with Crippen molar-refractivity contribution in [2.45, 2.75) is 36.5 Å². The summed E-state index contributed by atoms with van der Waals surface area (Å²) in [4.78, 5) is 30.5. The molecule has 2 saturated heterocycles. The van der Waals surface area contributed by atoms with Crippen LogP contribution in [0.4, 0.5) is 0 Å². The highest BCUT2D eigenvalue weighted by Gasteiger charge is 2.45. The Labute approximate surface area is 256 Å². The van der Waals surface area contributed by atoms with Crippen molar-refractivity contribution in [1.29, 1.82) is 0 Å². The molecule has 0 aliphatic carbocycles. The molecule has 42 heavy (non-hydrogen) atoms. The number of ether oxygens (including phenoxy) is 2. The van der Waals surface area contributed by atoms with E-state index in [1.807, 2.05) is 53.4 Å². The summed E-state index contributed by atoms with van der Waals surface area (Å²) >= 11 is 12.8. The lowest BCUT2D eigenvalue weighted by atomic mass is 9.72. The van der Waals surface area contributed by atoms with Gasteiger partial charge < -0.3 is 24.4 Å². The van der Waals surface area contributed by atoms with Gasteiger partial charge >= 0.3 is 5.97 Å². The van der Waals surface area contributed by atoms with E-state index in [2.05, 4.69) is 4.90 Å². The standard InChI is InChI=1S/C33H36Cl2N2O5/c1-41-27-9-6-10-28(42-2)29(27)30(38)37-20-14-32(22-37,24-11-12-25(34)26(35)21-24)13-17-36-18-15-33(16-19-36,31(39)40)23-7-4-3-5-8-23/h3-12,21H,13-20,22H2,1-2H3,(H,39,40). The van der Waals surface area contributed by atoms with Crippen molar-refractivity contribution >= 4 is 35.1 Å². The summed E-state index contributed by atoms with van der Waals surface area (Å²) in [5.74, 6) is 0.0377. The molecule has 1 N–H and O–H groups in total. The molecule has 1 atom stereocenters. The summed E-state index contributed by atoms with van der Waals surface area (Å²) in [6.45, 7) is 3.20. The molecule has 222 valence electrons. The van der Waals surface area contributed by atoms with Crippen LogP contribution in [0.25, 0.3) is 0 Å². The van der Waals surface area contributed by atoms with Crippen LogP contribution < -0.4 is 9.47 Å². The molecule has 2 aliphatic heterocycles. The van der Waals surface area contributed by atoms with Crippen LogP contribution in [-0.2, 0) is 15.6 Å². The third kappa shape index (κ3) is 5.70. The molecule has 2 heterocycles. The Morgan fingerprint density at radius 2 is 1.50 bits per heavy atom. The number of carbonyl (C=O) groups is 2. The lowest BCUT2D eigenvalue weighted by molar-refractivity contribution is -0.146. The molecule has 7 nitrogen and oxygen atoms in total. The SMILES string of the molecule is COc1cccc(OC)c1C(=O)N1CCC(CCN2CCC(C(=O)O)(c3ccccc3)CC2)(c2ccc(Cl)c(Cl)c2)C1. The van der Waals surface area contributed by atoms with E-state index in [1.54, 1.807) is 32.4 Å². The van der Waals surface area contributed by atoms with Crippen molar-refractivity contribution in [3.63, 3.8) is 0 Å². The van der Waals surface area contributed by atoms with E-state index in [-0.39, 0.29) is 11.3 Å². The number of carbonyl (C=O) groups excluding carboxylic acids is 1. The number of carboxylic acids is 1. The maximum Gasteiger partial charge on any atom is 0.314 e. The first kappa shape index (κ1) is 30.2. The molecule has 1 unspecified atom stereocenters. The van der Waals surface area contributed by atoms with Crippen molar-refractivity contribution in [1.82, 2.24) is 9.80 Å². The summed E-state index contributed by atoms with van der Waals surface area (Å²) in [6.07, 6.45) is 2.63. The minimum Gasteiger partial charge on any atom is -0.496 e. The van der Waals surface area contributed by atoms with Crippen molar-refractivity contribution in [3.05, 3.63) is 93.5 Å². The number of hydrogen-bond donors (Lipinski definition) is 1. The van der Waals surface area contributed by atoms with Crippen LogP contribution in [0.3, 0.4) is 0 Å². The number of aliphatic carboxylic acids is 1. The summed E-state index contributed by atoms with van der Waals surface area (Å²) in [5.41, 5.74) is 1.10. The highest BCUT2D eigenvalue weighted by molar-refractivity contribution is 6.42. The molecule has 0 saturated carbocycles. The Morgan fingerprint density at radius 3 is 2.10 bits per heavy atom. The Hall–Kier alpha value is -3.26. The Morgan fingerprint density at radius 1 is 0.833 bits per heavy atom. The zero-order valence-corrected chi connectivity index (χ0v) is 25.5. The van der Waals surface area contributed by atoms with Gasteiger partial charge in [-0.2, -0.15) is 0 Å². The zero-order valence-electron chi connectivity index (χ0n) is 23.9. The number of hydrogen-bond acceptors (Lipinski definition) is 5. The second-order valence-corrected chi connectivity index (χ2v) is 12.1. The van der Waals surface area contributed by atoms with Gasteiger partial charge in [-0.25, -0.2) is 0 Å². The third-order valence-electron chi connectivity index (χ3n) is 9.17. The van der Waals surface area contributed by atoms with Gasteiger partial charge in [-0.15, -0.1) is 0 Å². The van der Waals surface area contributed by atoms with Gasteiger partial charge in [0.2, 0.25) is 0 Å². The van der Waals surface area contributed by atoms with Crippen LogP contribution in [0.5, 0.6) is 11.5 Å². The van der Waals surface area contributed by atoms with Crippen molar-refractivity contribution in [2.75, 3.05) is 46.9 Å². The van der Waals surface area contributed by atoms with Crippen LogP contribution >= 0.6 is 23.2 Å². The number of carboxylic acid groups (broad SMARTS) is 1. The molecular weight excluding hydrogens is 575 g/mol. The highest BCUT2D eigenvalue weighted by atomic mass is 35.5. The van der Waals surface area contributed by atoms with Crippen LogP contribution in [0, 0.1) is 0 Å². The van der Waals surface area contributed by atoms with Crippen LogP contribution in [0.15, 0.2) is 66.7 Å². The molecule has 2 aliphatic rings. The molecule has 0 radical (unpaired) electrons. The Bertz CT molecular complexity index is 1420. The van der Waals surface area contributed by atoms with E-state index in [4.69, 9.17) is 32.7 Å². The monoisotopic (exact) mass is 610 g/mol. The summed E-state index contributed by atoms with van der Waals surface area (Å²) in [6, 6.07) is 20.6. The summed E-state index contributed by atoms with van der Waals surface area (Å²) < 4.78 is 11.0. The van der Waals surface area contributed by atoms with Crippen LogP contribution in [0.2, 0.25) is 10.0 Å². The first-order valence-electron chi connectivity index (χ1n) is 14.2. The molecule has 0 bridgehead atoms. The van der Waals surface area contributed by atoms with Crippen LogP contribution in [0.1, 0.15) is 47.2 Å². The number of likely N-dealkylation sites (tertiary alicyclic amines) is 2.